The van der Waals surface area contributed by atoms with Gasteiger partial charge in [-0.05, 0) is 6.42 Å². The van der Waals surface area contributed by atoms with E-state index < -0.39 is 12.1 Å². The first-order valence-corrected chi connectivity index (χ1v) is 6.67. The first kappa shape index (κ1) is 20.3. The molecule has 0 aliphatic carbocycles. The summed E-state index contributed by atoms with van der Waals surface area (Å²) in [4.78, 5) is 21.2. The summed E-state index contributed by atoms with van der Waals surface area (Å²) in [6.07, 6.45) is 10.0. The summed E-state index contributed by atoms with van der Waals surface area (Å²) >= 11 is 0. The monoisotopic (exact) mass is 266 g/mol. The molecule has 1 amide bonds. The zero-order valence-corrected chi connectivity index (χ0v) is 13.9. The zero-order chi connectivity index (χ0) is 12.9. The molecule has 1 radical (unpaired) electrons. The third-order valence-electron chi connectivity index (χ3n) is 2.70. The summed E-state index contributed by atoms with van der Waals surface area (Å²) in [6, 6.07) is 0. The summed E-state index contributed by atoms with van der Waals surface area (Å²) in [5.74, 6) is -0.513. The molecule has 0 aromatic rings. The molecule has 0 bridgehead atoms. The van der Waals surface area contributed by atoms with Gasteiger partial charge >= 0.3 is 12.1 Å². The Balaban J connectivity index is 0. The Bertz CT molecular complexity index is 222. The maximum atomic E-state index is 10.9. The predicted octanol–water partition coefficient (Wildman–Crippen LogP) is 3.15. The number of carbonyl (C=O) groups excluding carboxylic acids is 2. The molecule has 0 saturated carbocycles. The van der Waals surface area contributed by atoms with E-state index in [2.05, 4.69) is 11.7 Å². The van der Waals surface area contributed by atoms with Crippen molar-refractivity contribution in [3.63, 3.8) is 0 Å². The fourth-order valence-electron chi connectivity index (χ4n) is 1.74. The molecule has 2 N–H and O–H groups in total. The first-order valence-electron chi connectivity index (χ1n) is 6.67. The van der Waals surface area contributed by atoms with Crippen molar-refractivity contribution in [3.8, 4) is 0 Å². The van der Waals surface area contributed by atoms with Crippen LogP contribution in [0.25, 0.3) is 0 Å². The number of esters is 1. The second-order valence-electron chi connectivity index (χ2n) is 4.37. The Kier molecular flexibility index (Phi) is 16.9. The van der Waals surface area contributed by atoms with Crippen LogP contribution >= 0.6 is 0 Å². The van der Waals surface area contributed by atoms with Crippen molar-refractivity contribution in [3.05, 3.63) is 0 Å². The van der Waals surface area contributed by atoms with Crippen LogP contribution in [-0.4, -0.2) is 41.6 Å². The summed E-state index contributed by atoms with van der Waals surface area (Å²) < 4.78 is 4.22. The summed E-state index contributed by atoms with van der Waals surface area (Å²) in [6.45, 7) is 2.21. The molecule has 0 aliphatic rings. The Labute approximate surface area is 132 Å². The topological polar surface area (TPSA) is 69.4 Å². The third kappa shape index (κ3) is 15.9. The molecule has 5 heteroatoms. The van der Waals surface area contributed by atoms with E-state index in [-0.39, 0.29) is 29.6 Å². The summed E-state index contributed by atoms with van der Waals surface area (Å²) in [7, 11) is 0. The van der Waals surface area contributed by atoms with Gasteiger partial charge in [0.05, 0.1) is 0 Å². The van der Waals surface area contributed by atoms with Crippen molar-refractivity contribution >= 4 is 41.6 Å². The Morgan fingerprint density at radius 1 is 0.889 bits per heavy atom. The number of amides is 1. The van der Waals surface area contributed by atoms with Crippen LogP contribution in [0.2, 0.25) is 0 Å². The molecule has 0 atom stereocenters. The molecule has 0 heterocycles. The molecular formula is C13H25NNaO3. The smallest absolute Gasteiger partial charge is 0.376 e. The van der Waals surface area contributed by atoms with Gasteiger partial charge in [0, 0.05) is 36.0 Å². The number of hydrogen-bond donors (Lipinski definition) is 1. The van der Waals surface area contributed by atoms with Gasteiger partial charge in [-0.2, -0.15) is 0 Å². The van der Waals surface area contributed by atoms with Gasteiger partial charge in [0.25, 0.3) is 0 Å². The zero-order valence-electron chi connectivity index (χ0n) is 11.9. The van der Waals surface area contributed by atoms with E-state index >= 15 is 0 Å². The SMILES string of the molecule is CCCCCCCCCCCC(=O)OC(N)=O.[Na]. The minimum absolute atomic E-state index is 0. The molecule has 0 saturated heterocycles. The molecule has 4 nitrogen and oxygen atoms in total. The first-order chi connectivity index (χ1) is 8.16. The number of unbranched alkanes of at least 4 members (excludes halogenated alkanes) is 8. The van der Waals surface area contributed by atoms with Crippen molar-refractivity contribution in [1.82, 2.24) is 0 Å². The summed E-state index contributed by atoms with van der Waals surface area (Å²) in [5, 5.41) is 0. The number of hydrogen-bond acceptors (Lipinski definition) is 3. The van der Waals surface area contributed by atoms with Crippen LogP contribution < -0.4 is 5.73 Å². The average Bonchev–Trinajstić information content (AvgIpc) is 2.26. The van der Waals surface area contributed by atoms with Crippen molar-refractivity contribution in [1.29, 1.82) is 0 Å². The number of carbonyl (C=O) groups is 2. The van der Waals surface area contributed by atoms with Gasteiger partial charge in [-0.15, -0.1) is 0 Å². The maximum absolute atomic E-state index is 10.9. The number of rotatable bonds is 10. The van der Waals surface area contributed by atoms with Gasteiger partial charge < -0.3 is 10.5 Å². The largest absolute Gasteiger partial charge is 0.412 e. The Hall–Kier alpha value is -0.0600. The second-order valence-corrected chi connectivity index (χ2v) is 4.37. The van der Waals surface area contributed by atoms with Crippen LogP contribution in [0.3, 0.4) is 0 Å². The normalized spacial score (nSPS) is 9.61. The van der Waals surface area contributed by atoms with Crippen LogP contribution in [0.15, 0.2) is 0 Å². The summed E-state index contributed by atoms with van der Waals surface area (Å²) in [5.41, 5.74) is 4.72. The van der Waals surface area contributed by atoms with Gasteiger partial charge in [-0.1, -0.05) is 58.3 Å². The van der Waals surface area contributed by atoms with Crippen molar-refractivity contribution in [2.24, 2.45) is 5.73 Å². The molecule has 0 aromatic carbocycles. The van der Waals surface area contributed by atoms with E-state index in [0.717, 1.165) is 19.3 Å². The quantitative estimate of drug-likeness (QED) is 0.286. The number of ether oxygens (including phenoxy) is 1. The second kappa shape index (κ2) is 15.0. The van der Waals surface area contributed by atoms with Crippen molar-refractivity contribution < 1.29 is 14.3 Å². The molecule has 18 heavy (non-hydrogen) atoms. The van der Waals surface area contributed by atoms with E-state index in [9.17, 15) is 9.59 Å². The molecule has 0 fully saturated rings. The van der Waals surface area contributed by atoms with Crippen LogP contribution in [-0.2, 0) is 9.53 Å². The van der Waals surface area contributed by atoms with E-state index in [0.29, 0.717) is 6.42 Å². The van der Waals surface area contributed by atoms with E-state index in [1.807, 2.05) is 0 Å². The standard InChI is InChI=1S/C13H25NO3.Na/c1-2-3-4-5-6-7-8-9-10-11-12(15)17-13(14)16;/h2-11H2,1H3,(H2,14,16);. The fraction of sp³-hybridized carbons (Fsp3) is 0.846. The molecule has 0 aromatic heterocycles. The number of nitrogens with two attached hydrogens (primary N) is 1. The van der Waals surface area contributed by atoms with Gasteiger partial charge in [-0.25, -0.2) is 4.79 Å². The molecular weight excluding hydrogens is 241 g/mol. The average molecular weight is 266 g/mol. The third-order valence-corrected chi connectivity index (χ3v) is 2.70. The van der Waals surface area contributed by atoms with Gasteiger partial charge in [0.2, 0.25) is 0 Å². The van der Waals surface area contributed by atoms with E-state index in [1.54, 1.807) is 0 Å². The Morgan fingerprint density at radius 2 is 1.33 bits per heavy atom. The van der Waals surface area contributed by atoms with Crippen LogP contribution in [0.1, 0.15) is 71.1 Å². The molecule has 0 spiro atoms. The minimum Gasteiger partial charge on any atom is -0.376 e. The minimum atomic E-state index is -1.01. The van der Waals surface area contributed by atoms with Gasteiger partial charge in [0.15, 0.2) is 0 Å². The van der Waals surface area contributed by atoms with Crippen molar-refractivity contribution in [2.45, 2.75) is 71.1 Å². The van der Waals surface area contributed by atoms with Gasteiger partial charge in [-0.3, -0.25) is 4.79 Å². The van der Waals surface area contributed by atoms with E-state index in [4.69, 9.17) is 5.73 Å². The van der Waals surface area contributed by atoms with Gasteiger partial charge in [0.1, 0.15) is 0 Å². The fourth-order valence-corrected chi connectivity index (χ4v) is 1.74. The maximum Gasteiger partial charge on any atom is 0.412 e. The van der Waals surface area contributed by atoms with Crippen molar-refractivity contribution in [2.75, 3.05) is 0 Å². The number of primary amides is 1. The molecule has 0 unspecified atom stereocenters. The molecule has 101 valence electrons. The van der Waals surface area contributed by atoms with Crippen LogP contribution in [0, 0.1) is 0 Å². The Morgan fingerprint density at radius 3 is 1.78 bits per heavy atom. The van der Waals surface area contributed by atoms with E-state index in [1.165, 1.54) is 38.5 Å². The van der Waals surface area contributed by atoms with Crippen LogP contribution in [0.4, 0.5) is 4.79 Å². The molecule has 0 aliphatic heterocycles. The predicted molar refractivity (Wildman–Crippen MR) is 73.3 cm³/mol. The molecule has 0 rings (SSSR count). The van der Waals surface area contributed by atoms with Crippen LogP contribution in [0.5, 0.6) is 0 Å².